The number of hydrogen-bond acceptors (Lipinski definition) is 3. The van der Waals surface area contributed by atoms with Crippen molar-refractivity contribution >= 4 is 11.8 Å². The molecule has 6 nitrogen and oxygen atoms in total. The maximum Gasteiger partial charge on any atom is 0.254 e. The standard InChI is InChI=1S/C22H34N4O2/c1-2-25-15-18(13-24-25)21(28)23-16-22-11-6-9-19(22)26(20(27)10-12-22)14-17-7-4-3-5-8-17/h13,15,17,19H,2-12,14,16H2,1H3,(H,23,28)/t19-,22+/m1/s1. The number of carbonyl (C=O) groups excluding carboxylic acids is 2. The molecule has 2 aliphatic carbocycles. The minimum atomic E-state index is -0.0459. The van der Waals surface area contributed by atoms with Gasteiger partial charge in [-0.25, -0.2) is 0 Å². The first-order valence-electron chi connectivity index (χ1n) is 11.2. The van der Waals surface area contributed by atoms with Crippen molar-refractivity contribution in [2.75, 3.05) is 13.1 Å². The van der Waals surface area contributed by atoms with Crippen LogP contribution in [0.1, 0.15) is 81.5 Å². The summed E-state index contributed by atoms with van der Waals surface area (Å²) >= 11 is 0. The monoisotopic (exact) mass is 386 g/mol. The minimum absolute atomic E-state index is 0.0459. The lowest BCUT2D eigenvalue weighted by molar-refractivity contribution is -0.142. The van der Waals surface area contributed by atoms with E-state index in [1.165, 1.54) is 32.1 Å². The third kappa shape index (κ3) is 3.83. The number of aromatic nitrogens is 2. The van der Waals surface area contributed by atoms with Gasteiger partial charge in [0.25, 0.3) is 5.91 Å². The largest absolute Gasteiger partial charge is 0.351 e. The average molecular weight is 387 g/mol. The fraction of sp³-hybridized carbons (Fsp3) is 0.773. The van der Waals surface area contributed by atoms with E-state index in [-0.39, 0.29) is 11.3 Å². The number of rotatable bonds is 6. The van der Waals surface area contributed by atoms with Crippen LogP contribution in [0.2, 0.25) is 0 Å². The second kappa shape index (κ2) is 8.26. The Morgan fingerprint density at radius 2 is 2.04 bits per heavy atom. The van der Waals surface area contributed by atoms with Gasteiger partial charge in [-0.3, -0.25) is 14.3 Å². The summed E-state index contributed by atoms with van der Waals surface area (Å²) in [6.45, 7) is 4.37. The zero-order valence-corrected chi connectivity index (χ0v) is 17.2. The van der Waals surface area contributed by atoms with Crippen molar-refractivity contribution in [3.05, 3.63) is 18.0 Å². The van der Waals surface area contributed by atoms with Crippen LogP contribution in [0.3, 0.4) is 0 Å². The molecule has 0 spiro atoms. The molecule has 4 rings (SSSR count). The molecule has 0 bridgehead atoms. The molecule has 2 atom stereocenters. The Bertz CT molecular complexity index is 709. The summed E-state index contributed by atoms with van der Waals surface area (Å²) in [4.78, 5) is 27.6. The fourth-order valence-electron chi connectivity index (χ4n) is 5.76. The molecular weight excluding hydrogens is 352 g/mol. The van der Waals surface area contributed by atoms with Gasteiger partial charge in [0.15, 0.2) is 0 Å². The zero-order valence-electron chi connectivity index (χ0n) is 17.2. The van der Waals surface area contributed by atoms with E-state index in [0.29, 0.717) is 36.4 Å². The highest BCUT2D eigenvalue weighted by atomic mass is 16.2. The molecule has 0 aromatic carbocycles. The highest BCUT2D eigenvalue weighted by Gasteiger charge is 2.50. The first-order chi connectivity index (χ1) is 13.6. The molecule has 2 amide bonds. The van der Waals surface area contributed by atoms with Gasteiger partial charge in [0.05, 0.1) is 11.8 Å². The van der Waals surface area contributed by atoms with Crippen LogP contribution in [-0.4, -0.2) is 45.6 Å². The molecule has 0 radical (unpaired) electrons. The second-order valence-electron chi connectivity index (χ2n) is 9.09. The maximum absolute atomic E-state index is 12.8. The Morgan fingerprint density at radius 1 is 1.21 bits per heavy atom. The third-order valence-corrected chi connectivity index (χ3v) is 7.39. The SMILES string of the molecule is CCn1cc(C(=O)NC[C@@]23CCC[C@H]2N(CC2CCCCC2)C(=O)CC3)cn1. The molecule has 28 heavy (non-hydrogen) atoms. The van der Waals surface area contributed by atoms with Crippen molar-refractivity contribution < 1.29 is 9.59 Å². The van der Waals surface area contributed by atoms with Gasteiger partial charge in [-0.1, -0.05) is 25.7 Å². The van der Waals surface area contributed by atoms with Crippen LogP contribution in [0.15, 0.2) is 12.4 Å². The van der Waals surface area contributed by atoms with E-state index >= 15 is 0 Å². The van der Waals surface area contributed by atoms with E-state index in [1.807, 2.05) is 6.92 Å². The topological polar surface area (TPSA) is 67.2 Å². The summed E-state index contributed by atoms with van der Waals surface area (Å²) in [6, 6.07) is 0.300. The van der Waals surface area contributed by atoms with Crippen molar-refractivity contribution in [1.82, 2.24) is 20.0 Å². The van der Waals surface area contributed by atoms with Gasteiger partial charge in [-0.15, -0.1) is 0 Å². The molecule has 0 unspecified atom stereocenters. The molecule has 1 aromatic rings. The summed E-state index contributed by atoms with van der Waals surface area (Å²) in [7, 11) is 0. The molecule has 154 valence electrons. The van der Waals surface area contributed by atoms with Crippen LogP contribution in [0.4, 0.5) is 0 Å². The van der Waals surface area contributed by atoms with Crippen LogP contribution in [0.5, 0.6) is 0 Å². The van der Waals surface area contributed by atoms with Crippen molar-refractivity contribution in [3.8, 4) is 0 Å². The normalized spacial score (nSPS) is 28.4. The molecule has 1 saturated heterocycles. The smallest absolute Gasteiger partial charge is 0.254 e. The van der Waals surface area contributed by atoms with Gasteiger partial charge < -0.3 is 10.2 Å². The lowest BCUT2D eigenvalue weighted by Gasteiger charge is -2.47. The van der Waals surface area contributed by atoms with Crippen molar-refractivity contribution in [3.63, 3.8) is 0 Å². The lowest BCUT2D eigenvalue weighted by atomic mass is 9.74. The van der Waals surface area contributed by atoms with E-state index in [2.05, 4.69) is 15.3 Å². The number of carbonyl (C=O) groups is 2. The van der Waals surface area contributed by atoms with Gasteiger partial charge in [0, 0.05) is 43.7 Å². The molecule has 1 aliphatic heterocycles. The summed E-state index contributed by atoms with van der Waals surface area (Å²) in [5.41, 5.74) is 0.678. The number of amides is 2. The van der Waals surface area contributed by atoms with Crippen molar-refractivity contribution in [2.45, 2.75) is 83.7 Å². The van der Waals surface area contributed by atoms with Crippen LogP contribution in [-0.2, 0) is 11.3 Å². The Hall–Kier alpha value is -1.85. The van der Waals surface area contributed by atoms with Gasteiger partial charge in [0.1, 0.15) is 0 Å². The number of hydrogen-bond donors (Lipinski definition) is 1. The van der Waals surface area contributed by atoms with E-state index in [0.717, 1.165) is 38.8 Å². The summed E-state index contributed by atoms with van der Waals surface area (Å²) in [5, 5.41) is 7.38. The lowest BCUT2D eigenvalue weighted by Crippen LogP contribution is -2.57. The molecule has 6 heteroatoms. The molecule has 1 aromatic heterocycles. The highest BCUT2D eigenvalue weighted by Crippen LogP contribution is 2.48. The van der Waals surface area contributed by atoms with Crippen LogP contribution >= 0.6 is 0 Å². The number of likely N-dealkylation sites (tertiary alicyclic amines) is 1. The van der Waals surface area contributed by atoms with Gasteiger partial charge in [-0.05, 0) is 44.9 Å². The summed E-state index contributed by atoms with van der Waals surface area (Å²) in [5.74, 6) is 0.961. The van der Waals surface area contributed by atoms with E-state index in [4.69, 9.17) is 0 Å². The Labute approximate surface area is 168 Å². The first kappa shape index (κ1) is 19.5. The van der Waals surface area contributed by atoms with Crippen molar-refractivity contribution in [1.29, 1.82) is 0 Å². The van der Waals surface area contributed by atoms with Gasteiger partial charge >= 0.3 is 0 Å². The Kier molecular flexibility index (Phi) is 5.74. The van der Waals surface area contributed by atoms with E-state index in [1.54, 1.807) is 17.1 Å². The quantitative estimate of drug-likeness (QED) is 0.815. The molecule has 2 heterocycles. The van der Waals surface area contributed by atoms with E-state index < -0.39 is 0 Å². The highest BCUT2D eigenvalue weighted by molar-refractivity contribution is 5.93. The molecule has 3 aliphatic rings. The Morgan fingerprint density at radius 3 is 2.79 bits per heavy atom. The van der Waals surface area contributed by atoms with E-state index in [9.17, 15) is 9.59 Å². The number of nitrogens with zero attached hydrogens (tertiary/aromatic N) is 3. The van der Waals surface area contributed by atoms with Crippen LogP contribution in [0.25, 0.3) is 0 Å². The summed E-state index contributed by atoms with van der Waals surface area (Å²) < 4.78 is 1.77. The number of piperidine rings is 1. The predicted octanol–water partition coefficient (Wildman–Crippen LogP) is 3.37. The molecule has 3 fully saturated rings. The first-order valence-corrected chi connectivity index (χ1v) is 11.2. The summed E-state index contributed by atoms with van der Waals surface area (Å²) in [6.07, 6.45) is 14.8. The van der Waals surface area contributed by atoms with Crippen LogP contribution < -0.4 is 5.32 Å². The average Bonchev–Trinajstić information content (AvgIpc) is 3.37. The maximum atomic E-state index is 12.8. The number of aryl methyl sites for hydroxylation is 1. The predicted molar refractivity (Wildman–Crippen MR) is 108 cm³/mol. The number of nitrogens with one attached hydrogen (secondary N) is 1. The minimum Gasteiger partial charge on any atom is -0.351 e. The van der Waals surface area contributed by atoms with Gasteiger partial charge in [0.2, 0.25) is 5.91 Å². The Balaban J connectivity index is 1.42. The third-order valence-electron chi connectivity index (χ3n) is 7.39. The zero-order chi connectivity index (χ0) is 19.6. The van der Waals surface area contributed by atoms with Crippen LogP contribution in [0, 0.1) is 11.3 Å². The van der Waals surface area contributed by atoms with Gasteiger partial charge in [-0.2, -0.15) is 5.10 Å². The molecule has 2 saturated carbocycles. The molecular formula is C22H34N4O2. The fourth-order valence-corrected chi connectivity index (χ4v) is 5.76. The van der Waals surface area contributed by atoms with Crippen molar-refractivity contribution in [2.24, 2.45) is 11.3 Å². The number of fused-ring (bicyclic) bond motifs is 1. The molecule has 1 N–H and O–H groups in total. The second-order valence-corrected chi connectivity index (χ2v) is 9.09.